The van der Waals surface area contributed by atoms with Crippen LogP contribution in [0.1, 0.15) is 114 Å². The number of esters is 4. The zero-order valence-corrected chi connectivity index (χ0v) is 55.7. The van der Waals surface area contributed by atoms with Crippen molar-refractivity contribution in [3.05, 3.63) is 213 Å². The highest BCUT2D eigenvalue weighted by atomic mass is 35.5. The van der Waals surface area contributed by atoms with Crippen molar-refractivity contribution in [2.75, 3.05) is 26.1 Å². The number of aromatic carboxylic acids is 1. The van der Waals surface area contributed by atoms with Gasteiger partial charge in [0.15, 0.2) is 23.6 Å². The number of aromatic nitrogens is 2. The maximum atomic E-state index is 15.5. The molecule has 6 N–H and O–H groups in total. The third-order valence-corrected chi connectivity index (χ3v) is 19.6. The fraction of sp³-hybridized carbons (Fsp3) is 0.324. The van der Waals surface area contributed by atoms with Crippen molar-refractivity contribution in [2.45, 2.75) is 115 Å². The number of Topliss-reactive ketones (excluding diaryl/α,β-unsaturated/α-hetero) is 1. The molecule has 1 aromatic heterocycles. The number of carbonyl (C=O) groups is 7. The number of ether oxygens (including phenoxy) is 7. The number of aliphatic hydroxyl groups excluding tert-OH is 2. The van der Waals surface area contributed by atoms with Crippen LogP contribution < -0.4 is 20.1 Å². The van der Waals surface area contributed by atoms with Crippen LogP contribution in [0.4, 0.5) is 16.0 Å². The molecule has 3 heterocycles. The van der Waals surface area contributed by atoms with Gasteiger partial charge in [-0.05, 0) is 91.2 Å². The second-order valence-electron chi connectivity index (χ2n) is 25.4. The first kappa shape index (κ1) is 70.1. The number of ketones is 1. The first-order valence-corrected chi connectivity index (χ1v) is 32.0. The average molecular weight is 1370 g/mol. The highest BCUT2D eigenvalue weighted by molar-refractivity contribution is 6.31. The van der Waals surface area contributed by atoms with Crippen LogP contribution in [0.2, 0.25) is 5.02 Å². The number of hydrogen-bond acceptors (Lipinski definition) is 21. The van der Waals surface area contributed by atoms with E-state index in [4.69, 9.17) is 54.7 Å². The van der Waals surface area contributed by atoms with E-state index in [-0.39, 0.29) is 64.7 Å². The van der Waals surface area contributed by atoms with Crippen molar-refractivity contribution in [2.24, 2.45) is 21.7 Å². The number of rotatable bonds is 16. The molecule has 3 fully saturated rings. The minimum Gasteiger partial charge on any atom is -0.496 e. The molecule has 2 saturated carbocycles. The molecular formula is C74H71ClFN5O18. The number of nitrogens with one attached hydrogen (secondary N) is 2. The Morgan fingerprint density at radius 1 is 0.788 bits per heavy atom. The van der Waals surface area contributed by atoms with Gasteiger partial charge in [-0.1, -0.05) is 104 Å². The van der Waals surface area contributed by atoms with Gasteiger partial charge in [-0.25, -0.2) is 28.7 Å². The predicted octanol–water partition coefficient (Wildman–Crippen LogP) is 9.48. The molecule has 7 aromatic rings. The van der Waals surface area contributed by atoms with Crippen molar-refractivity contribution in [1.82, 2.24) is 15.3 Å². The minimum absolute atomic E-state index is 0.00289. The standard InChI is InChI=1S/C47H51NO14.C27H20ClFN4O4/c1-25-31(60-43(56)36(52)35(28-16-10-7-11-17-28)48-41(54)29-18-12-8-13-19-29)23-47(57)40(61-42(55)30-20-14-9-15-21-30)38-45(6,32(51)22-33-46(38,24-58-33)62-27(3)50)39(53)37(59-26(2)49)34(25)44(47,4)5;1-36-21-5-3-4-20(29)23(21)25-19-10-15(28)6-8-17(19)24-14(12-30-25)13-31-27(33-24)32-16-7-9-18(26(34)35)22(11-16)37-2/h7-21,31-33,35-38,40,51-52,57H,22-24H2,1-6H3,(H,48,54);3-11,13H,12H2,1-2H3,(H,34,35)(H,31,32,33)/t31-,32-,33+,35-,36+,37+,38-,40-,45+,46-,47+;/m0./s1. The van der Waals surface area contributed by atoms with Crippen LogP contribution in [-0.2, 0) is 49.4 Å². The molecule has 23 nitrogen and oxygen atoms in total. The lowest BCUT2D eigenvalue weighted by molar-refractivity contribution is -0.346. The lowest BCUT2D eigenvalue weighted by Crippen LogP contribution is -2.82. The maximum absolute atomic E-state index is 15.5. The van der Waals surface area contributed by atoms with Gasteiger partial charge in [-0.3, -0.25) is 24.2 Å². The van der Waals surface area contributed by atoms with E-state index in [2.05, 4.69) is 15.6 Å². The summed E-state index contributed by atoms with van der Waals surface area (Å²) in [6.45, 7) is 8.18. The SMILES string of the molecule is CC(=O)O[C@H]1C(=O)[C@@]2(C)[C@H]([C@H](OC(=O)c3ccccc3)[C@]3(O)C[C@H](OC(=O)[C@H](O)[C@@H](NC(=O)c4ccccc4)c4ccccc4)C(C)=C1C3(C)C)[C@]1(OC(C)=O)CO[C@@H]1C[C@@H]2O.COc1cc(Nc2ncc3c(n2)-c2ccc(Cl)cc2C(c2c(F)cccc2OC)=NC3)ccc1C(=O)O. The van der Waals surface area contributed by atoms with E-state index < -0.39 is 124 Å². The molecule has 0 radical (unpaired) electrons. The molecule has 1 amide bonds. The number of methoxy groups -OCH3 is 2. The van der Waals surface area contributed by atoms with Crippen molar-refractivity contribution >= 4 is 70.5 Å². The van der Waals surface area contributed by atoms with Crippen molar-refractivity contribution in [1.29, 1.82) is 0 Å². The lowest BCUT2D eigenvalue weighted by Gasteiger charge is -2.67. The van der Waals surface area contributed by atoms with Gasteiger partial charge in [0.05, 0.1) is 73.4 Å². The molecule has 3 aliphatic carbocycles. The Morgan fingerprint density at radius 2 is 1.45 bits per heavy atom. The van der Waals surface area contributed by atoms with Gasteiger partial charge < -0.3 is 64.2 Å². The normalized spacial score (nSPS) is 24.5. The molecule has 2 bridgehead atoms. The highest BCUT2D eigenvalue weighted by Crippen LogP contribution is 2.64. The summed E-state index contributed by atoms with van der Waals surface area (Å²) in [4.78, 5) is 109. The molecule has 11 atom stereocenters. The number of halogens is 2. The van der Waals surface area contributed by atoms with Gasteiger partial charge in [0.2, 0.25) is 5.95 Å². The summed E-state index contributed by atoms with van der Waals surface area (Å²) in [5.41, 5.74) is -3.17. The quantitative estimate of drug-likeness (QED) is 0.0298. The number of aliphatic imine (C=N–C) groups is 1. The first-order valence-electron chi connectivity index (χ1n) is 31.6. The van der Waals surface area contributed by atoms with Gasteiger partial charge in [0.25, 0.3) is 5.91 Å². The predicted molar refractivity (Wildman–Crippen MR) is 356 cm³/mol. The molecule has 99 heavy (non-hydrogen) atoms. The van der Waals surface area contributed by atoms with E-state index in [0.717, 1.165) is 19.4 Å². The van der Waals surface area contributed by atoms with Gasteiger partial charge in [-0.15, -0.1) is 0 Å². The second-order valence-corrected chi connectivity index (χ2v) is 25.9. The summed E-state index contributed by atoms with van der Waals surface area (Å²) in [6.07, 6.45) is -8.86. The van der Waals surface area contributed by atoms with E-state index in [1.807, 2.05) is 6.07 Å². The van der Waals surface area contributed by atoms with Gasteiger partial charge >= 0.3 is 29.8 Å². The second kappa shape index (κ2) is 27.9. The summed E-state index contributed by atoms with van der Waals surface area (Å²) in [7, 11) is 2.87. The summed E-state index contributed by atoms with van der Waals surface area (Å²) in [5.74, 6) is -7.58. The van der Waals surface area contributed by atoms with Crippen LogP contribution in [0.3, 0.4) is 0 Å². The Hall–Kier alpha value is -10.2. The number of anilines is 2. The summed E-state index contributed by atoms with van der Waals surface area (Å²) in [6, 6.07) is 37.4. The minimum atomic E-state index is -2.39. The maximum Gasteiger partial charge on any atom is 0.339 e. The number of amides is 1. The zero-order valence-electron chi connectivity index (χ0n) is 55.0. The number of benzene rings is 6. The number of carboxylic acid groups (broad SMARTS) is 1. The first-order chi connectivity index (χ1) is 47.2. The van der Waals surface area contributed by atoms with Crippen molar-refractivity contribution in [3.8, 4) is 22.8 Å². The largest absolute Gasteiger partial charge is 0.496 e. The van der Waals surface area contributed by atoms with Gasteiger partial charge in [-0.2, -0.15) is 0 Å². The third-order valence-electron chi connectivity index (χ3n) is 19.4. The van der Waals surface area contributed by atoms with Crippen LogP contribution in [0.15, 0.2) is 168 Å². The van der Waals surface area contributed by atoms with Crippen LogP contribution >= 0.6 is 11.6 Å². The van der Waals surface area contributed by atoms with Crippen LogP contribution in [0.5, 0.6) is 11.5 Å². The number of fused-ring (bicyclic) bond motifs is 8. The van der Waals surface area contributed by atoms with Crippen molar-refractivity contribution in [3.63, 3.8) is 0 Å². The molecule has 0 spiro atoms. The molecule has 1 saturated heterocycles. The van der Waals surface area contributed by atoms with Crippen LogP contribution in [0.25, 0.3) is 11.3 Å². The monoisotopic (exact) mass is 1370 g/mol. The van der Waals surface area contributed by atoms with Crippen molar-refractivity contribution < 1.29 is 91.5 Å². The molecule has 0 unspecified atom stereocenters. The number of hydrogen-bond donors (Lipinski definition) is 6. The summed E-state index contributed by atoms with van der Waals surface area (Å²) < 4.78 is 56.0. The van der Waals surface area contributed by atoms with Gasteiger partial charge in [0.1, 0.15) is 46.8 Å². The van der Waals surface area contributed by atoms with Crippen LogP contribution in [-0.4, -0.2) is 146 Å². The third kappa shape index (κ3) is 13.0. The van der Waals surface area contributed by atoms with E-state index in [9.17, 15) is 49.2 Å². The molecule has 2 aliphatic heterocycles. The molecule has 5 aliphatic rings. The van der Waals surface area contributed by atoms with E-state index in [1.54, 1.807) is 135 Å². The smallest absolute Gasteiger partial charge is 0.339 e. The fourth-order valence-corrected chi connectivity index (χ4v) is 14.5. The Balaban J connectivity index is 0.000000227. The highest BCUT2D eigenvalue weighted by Gasteiger charge is 2.78. The number of nitrogens with zero attached hydrogens (tertiary/aromatic N) is 3. The van der Waals surface area contributed by atoms with Gasteiger partial charge in [0, 0.05) is 77.3 Å². The van der Waals surface area contributed by atoms with E-state index in [0.29, 0.717) is 44.6 Å². The molecule has 12 rings (SSSR count). The van der Waals surface area contributed by atoms with E-state index >= 15 is 9.18 Å². The Bertz CT molecular complexity index is 4410. The molecular weight excluding hydrogens is 1300 g/mol. The number of aliphatic hydroxyl groups is 3. The molecule has 6 aromatic carbocycles. The zero-order chi connectivity index (χ0) is 71.0. The lowest BCUT2D eigenvalue weighted by atomic mass is 9.44. The molecule has 514 valence electrons. The number of carbonyl (C=O) groups excluding carboxylic acids is 6. The Kier molecular flexibility index (Phi) is 19.8. The number of carboxylic acids is 1. The van der Waals surface area contributed by atoms with E-state index in [1.165, 1.54) is 52.3 Å². The Morgan fingerprint density at radius 3 is 2.08 bits per heavy atom. The summed E-state index contributed by atoms with van der Waals surface area (Å²) >= 11 is 6.35. The van der Waals surface area contributed by atoms with Crippen LogP contribution in [0, 0.1) is 22.6 Å². The summed E-state index contributed by atoms with van der Waals surface area (Å²) in [5, 5.41) is 53.1. The Labute approximate surface area is 572 Å². The molecule has 25 heteroatoms. The average Bonchev–Trinajstić information content (AvgIpc) is 0.867. The fourth-order valence-electron chi connectivity index (χ4n) is 14.4. The topological polar surface area (TPSA) is 327 Å².